The van der Waals surface area contributed by atoms with Crippen molar-refractivity contribution in [1.29, 1.82) is 0 Å². The molecule has 2 aromatic carbocycles. The van der Waals surface area contributed by atoms with Crippen LogP contribution < -0.4 is 14.8 Å². The van der Waals surface area contributed by atoms with Gasteiger partial charge in [0.25, 0.3) is 0 Å². The lowest BCUT2D eigenvalue weighted by Crippen LogP contribution is -2.44. The monoisotopic (exact) mass is 469 g/mol. The van der Waals surface area contributed by atoms with E-state index in [0.717, 1.165) is 4.31 Å². The van der Waals surface area contributed by atoms with E-state index >= 15 is 0 Å². The second-order valence-electron chi connectivity index (χ2n) is 7.12. The van der Waals surface area contributed by atoms with Gasteiger partial charge in [-0.05, 0) is 55.3 Å². The van der Waals surface area contributed by atoms with Crippen molar-refractivity contribution in [1.82, 2.24) is 14.3 Å². The van der Waals surface area contributed by atoms with Gasteiger partial charge in [-0.25, -0.2) is 21.1 Å². The van der Waals surface area contributed by atoms with Gasteiger partial charge in [0.2, 0.25) is 26.0 Å². The van der Waals surface area contributed by atoms with E-state index in [4.69, 9.17) is 4.74 Å². The molecule has 170 valence electrons. The first-order valence-electron chi connectivity index (χ1n) is 9.34. The summed E-state index contributed by atoms with van der Waals surface area (Å²) in [5.74, 6) is 0.0490. The molecule has 0 aliphatic carbocycles. The summed E-state index contributed by atoms with van der Waals surface area (Å²) in [5, 5.41) is 2.64. The van der Waals surface area contributed by atoms with E-state index in [1.165, 1.54) is 52.4 Å². The zero-order chi connectivity index (χ0) is 23.4. The molecule has 11 heteroatoms. The molecule has 0 fully saturated rings. The van der Waals surface area contributed by atoms with Crippen molar-refractivity contribution in [3.8, 4) is 5.75 Å². The standard InChI is InChI=1S/C20H27N3O6S2/c1-14-12-18(10-11-19(14)29-5)30(25,26)22-15(2)20(24)21-13-16-6-8-17(9-7-16)31(27,28)23(3)4/h6-12,15,22H,13H2,1-5H3,(H,21,24)/t15-/m1/s1. The Bertz CT molecular complexity index is 1140. The van der Waals surface area contributed by atoms with E-state index in [1.54, 1.807) is 25.1 Å². The number of sulfonamides is 2. The molecule has 0 bridgehead atoms. The fraction of sp³-hybridized carbons (Fsp3) is 0.350. The zero-order valence-electron chi connectivity index (χ0n) is 18.0. The molecule has 0 aliphatic rings. The largest absolute Gasteiger partial charge is 0.496 e. The lowest BCUT2D eigenvalue weighted by atomic mass is 10.2. The van der Waals surface area contributed by atoms with Crippen molar-refractivity contribution in [3.63, 3.8) is 0 Å². The molecule has 2 rings (SSSR count). The van der Waals surface area contributed by atoms with Crippen LogP contribution in [0, 0.1) is 6.92 Å². The minimum Gasteiger partial charge on any atom is -0.496 e. The van der Waals surface area contributed by atoms with E-state index in [9.17, 15) is 21.6 Å². The van der Waals surface area contributed by atoms with Crippen LogP contribution in [0.15, 0.2) is 52.3 Å². The Morgan fingerprint density at radius 3 is 2.13 bits per heavy atom. The molecule has 0 aromatic heterocycles. The predicted molar refractivity (Wildman–Crippen MR) is 117 cm³/mol. The minimum absolute atomic E-state index is 0.0307. The SMILES string of the molecule is COc1ccc(S(=O)(=O)N[C@H](C)C(=O)NCc2ccc(S(=O)(=O)N(C)C)cc2)cc1C. The van der Waals surface area contributed by atoms with Gasteiger partial charge in [-0.15, -0.1) is 0 Å². The zero-order valence-corrected chi connectivity index (χ0v) is 19.7. The van der Waals surface area contributed by atoms with Crippen molar-refractivity contribution < 1.29 is 26.4 Å². The van der Waals surface area contributed by atoms with Crippen LogP contribution in [0.2, 0.25) is 0 Å². The first-order valence-corrected chi connectivity index (χ1v) is 12.3. The summed E-state index contributed by atoms with van der Waals surface area (Å²) < 4.78 is 57.9. The van der Waals surface area contributed by atoms with Gasteiger partial charge in [0.15, 0.2) is 0 Å². The number of rotatable bonds is 9. The van der Waals surface area contributed by atoms with E-state index < -0.39 is 32.0 Å². The number of carbonyl (C=O) groups excluding carboxylic acids is 1. The molecule has 1 amide bonds. The Kier molecular flexibility index (Phi) is 7.82. The summed E-state index contributed by atoms with van der Waals surface area (Å²) >= 11 is 0. The van der Waals surface area contributed by atoms with Gasteiger partial charge in [-0.1, -0.05) is 12.1 Å². The Morgan fingerprint density at radius 1 is 1.03 bits per heavy atom. The van der Waals surface area contributed by atoms with Gasteiger partial charge in [0, 0.05) is 20.6 Å². The second-order valence-corrected chi connectivity index (χ2v) is 11.0. The number of methoxy groups -OCH3 is 1. The molecule has 1 atom stereocenters. The van der Waals surface area contributed by atoms with E-state index in [0.29, 0.717) is 16.9 Å². The highest BCUT2D eigenvalue weighted by Crippen LogP contribution is 2.21. The van der Waals surface area contributed by atoms with E-state index in [2.05, 4.69) is 10.0 Å². The van der Waals surface area contributed by atoms with Crippen LogP contribution in [0.1, 0.15) is 18.1 Å². The van der Waals surface area contributed by atoms with Crippen LogP contribution in [-0.2, 0) is 31.4 Å². The molecular formula is C20H27N3O6S2. The number of benzene rings is 2. The van der Waals surface area contributed by atoms with Crippen LogP contribution in [0.25, 0.3) is 0 Å². The fourth-order valence-electron chi connectivity index (χ4n) is 2.70. The summed E-state index contributed by atoms with van der Waals surface area (Å²) in [5.41, 5.74) is 1.33. The normalized spacial score (nSPS) is 13.1. The maximum absolute atomic E-state index is 12.6. The molecular weight excluding hydrogens is 442 g/mol. The van der Waals surface area contributed by atoms with Crippen molar-refractivity contribution in [3.05, 3.63) is 53.6 Å². The molecule has 0 spiro atoms. The van der Waals surface area contributed by atoms with Crippen molar-refractivity contribution in [2.24, 2.45) is 0 Å². The predicted octanol–water partition coefficient (Wildman–Crippen LogP) is 1.24. The maximum atomic E-state index is 12.6. The average molecular weight is 470 g/mol. The molecule has 2 aromatic rings. The van der Waals surface area contributed by atoms with Crippen LogP contribution in [0.3, 0.4) is 0 Å². The fourth-order valence-corrected chi connectivity index (χ4v) is 4.89. The molecule has 2 N–H and O–H groups in total. The van der Waals surface area contributed by atoms with E-state index in [-0.39, 0.29) is 16.3 Å². The Morgan fingerprint density at radius 2 is 1.61 bits per heavy atom. The van der Waals surface area contributed by atoms with Crippen molar-refractivity contribution >= 4 is 26.0 Å². The molecule has 0 aliphatic heterocycles. The minimum atomic E-state index is -3.90. The maximum Gasteiger partial charge on any atom is 0.242 e. The van der Waals surface area contributed by atoms with Crippen molar-refractivity contribution in [2.75, 3.05) is 21.2 Å². The van der Waals surface area contributed by atoms with Gasteiger partial charge >= 0.3 is 0 Å². The lowest BCUT2D eigenvalue weighted by Gasteiger charge is -2.16. The van der Waals surface area contributed by atoms with Gasteiger partial charge in [0.05, 0.1) is 22.9 Å². The van der Waals surface area contributed by atoms with Gasteiger partial charge in [0.1, 0.15) is 5.75 Å². The first kappa shape index (κ1) is 24.8. The Balaban J connectivity index is 2.00. The quantitative estimate of drug-likeness (QED) is 0.570. The second kappa shape index (κ2) is 9.77. The third-order valence-corrected chi connectivity index (χ3v) is 7.94. The third kappa shape index (κ3) is 6.03. The summed E-state index contributed by atoms with van der Waals surface area (Å²) in [7, 11) is -3.05. The average Bonchev–Trinajstić information content (AvgIpc) is 2.71. The van der Waals surface area contributed by atoms with Crippen molar-refractivity contribution in [2.45, 2.75) is 36.2 Å². The highest BCUT2D eigenvalue weighted by atomic mass is 32.2. The van der Waals surface area contributed by atoms with Crippen LogP contribution in [-0.4, -0.2) is 54.3 Å². The van der Waals surface area contributed by atoms with Gasteiger partial charge in [-0.3, -0.25) is 4.79 Å². The number of aryl methyl sites for hydroxylation is 1. The molecule has 0 heterocycles. The highest BCUT2D eigenvalue weighted by Gasteiger charge is 2.23. The number of carbonyl (C=O) groups is 1. The molecule has 0 radical (unpaired) electrons. The molecule has 9 nitrogen and oxygen atoms in total. The number of amides is 1. The number of hydrogen-bond acceptors (Lipinski definition) is 6. The summed E-state index contributed by atoms with van der Waals surface area (Å²) in [4.78, 5) is 12.5. The topological polar surface area (TPSA) is 122 Å². The highest BCUT2D eigenvalue weighted by molar-refractivity contribution is 7.89. The smallest absolute Gasteiger partial charge is 0.242 e. The molecule has 31 heavy (non-hydrogen) atoms. The number of hydrogen-bond donors (Lipinski definition) is 2. The summed E-state index contributed by atoms with van der Waals surface area (Å²) in [6.45, 7) is 3.29. The molecule has 0 unspecified atom stereocenters. The summed E-state index contributed by atoms with van der Waals surface area (Å²) in [6, 6.07) is 9.49. The van der Waals surface area contributed by atoms with E-state index in [1.807, 2.05) is 0 Å². The van der Waals surface area contributed by atoms with Gasteiger partial charge in [-0.2, -0.15) is 4.72 Å². The van der Waals surface area contributed by atoms with Crippen LogP contribution in [0.4, 0.5) is 0 Å². The van der Waals surface area contributed by atoms with Gasteiger partial charge < -0.3 is 10.1 Å². The number of ether oxygens (including phenoxy) is 1. The third-order valence-electron chi connectivity index (χ3n) is 4.57. The Labute approximate surface area is 183 Å². The van der Waals surface area contributed by atoms with Crippen LogP contribution in [0.5, 0.6) is 5.75 Å². The number of nitrogens with one attached hydrogen (secondary N) is 2. The lowest BCUT2D eigenvalue weighted by molar-refractivity contribution is -0.122. The first-order chi connectivity index (χ1) is 14.4. The van der Waals surface area contributed by atoms with Crippen LogP contribution >= 0.6 is 0 Å². The molecule has 0 saturated heterocycles. The summed E-state index contributed by atoms with van der Waals surface area (Å²) in [6.07, 6.45) is 0. The molecule has 0 saturated carbocycles. The number of nitrogens with zero attached hydrogens (tertiary/aromatic N) is 1. The Hall–Kier alpha value is -2.47.